The van der Waals surface area contributed by atoms with Crippen LogP contribution >= 0.6 is 0 Å². The van der Waals surface area contributed by atoms with Gasteiger partial charge in [0, 0.05) is 26.2 Å². The van der Waals surface area contributed by atoms with E-state index in [4.69, 9.17) is 5.73 Å². The number of hydrogen-bond donors (Lipinski definition) is 1. The summed E-state index contributed by atoms with van der Waals surface area (Å²) in [4.78, 5) is 16.4. The van der Waals surface area contributed by atoms with Gasteiger partial charge in [-0.3, -0.25) is 4.79 Å². The topological polar surface area (TPSA) is 92.7 Å². The first kappa shape index (κ1) is 16.6. The van der Waals surface area contributed by atoms with Crippen molar-refractivity contribution >= 4 is 17.4 Å². The molecule has 24 heavy (non-hydrogen) atoms. The highest BCUT2D eigenvalue weighted by Crippen LogP contribution is 2.15. The number of nitrogens with two attached hydrogens (primary N) is 1. The molecule has 1 fully saturated rings. The number of anilines is 1. The summed E-state index contributed by atoms with van der Waals surface area (Å²) >= 11 is 0. The van der Waals surface area contributed by atoms with Crippen LogP contribution in [-0.4, -0.2) is 62.8 Å². The van der Waals surface area contributed by atoms with Crippen LogP contribution in [0.4, 0.5) is 5.82 Å². The molecule has 0 bridgehead atoms. The molecule has 0 unspecified atom stereocenters. The Hall–Kier alpha value is -2.22. The quantitative estimate of drug-likeness (QED) is 0.862. The predicted molar refractivity (Wildman–Crippen MR) is 91.8 cm³/mol. The van der Waals surface area contributed by atoms with E-state index < -0.39 is 0 Å². The smallest absolute Gasteiger partial charge is 0.239 e. The van der Waals surface area contributed by atoms with Gasteiger partial charge < -0.3 is 15.5 Å². The Bertz CT molecular complexity index is 706. The first-order valence-electron chi connectivity index (χ1n) is 8.58. The number of piperazine rings is 1. The number of unbranched alkanes of at least 4 members (excludes halogenated alkanes) is 1. The highest BCUT2D eigenvalue weighted by Gasteiger charge is 2.25. The summed E-state index contributed by atoms with van der Waals surface area (Å²) in [6, 6.07) is 3.50. The minimum absolute atomic E-state index is 0.0705. The molecule has 1 atom stereocenters. The average Bonchev–Trinajstić information content (AvgIpc) is 2.99. The van der Waals surface area contributed by atoms with Gasteiger partial charge in [0.25, 0.3) is 0 Å². The molecule has 2 N–H and O–H groups in total. The fourth-order valence-electron chi connectivity index (χ4n) is 2.99. The molecule has 1 saturated heterocycles. The summed E-state index contributed by atoms with van der Waals surface area (Å²) in [5.41, 5.74) is 6.76. The standard InChI is InChI=1S/C16H25N7O/c1-3-4-5-13(17)16(24)22-10-8-21(9-11-22)15-7-6-14-19-18-12(2)23(14)20-15/h6-7,13H,3-5,8-11,17H2,1-2H3/t13-/m0/s1. The number of aryl methyl sites for hydroxylation is 1. The van der Waals surface area contributed by atoms with E-state index in [1.165, 1.54) is 0 Å². The molecule has 8 heteroatoms. The van der Waals surface area contributed by atoms with Gasteiger partial charge in [-0.1, -0.05) is 19.8 Å². The lowest BCUT2D eigenvalue weighted by Gasteiger charge is -2.36. The van der Waals surface area contributed by atoms with E-state index in [1.54, 1.807) is 4.52 Å². The van der Waals surface area contributed by atoms with E-state index in [0.29, 0.717) is 13.1 Å². The summed E-state index contributed by atoms with van der Waals surface area (Å²) in [6.07, 6.45) is 2.82. The number of hydrogen-bond acceptors (Lipinski definition) is 6. The van der Waals surface area contributed by atoms with Gasteiger partial charge >= 0.3 is 0 Å². The van der Waals surface area contributed by atoms with Crippen molar-refractivity contribution in [3.05, 3.63) is 18.0 Å². The molecule has 0 aliphatic carbocycles. The van der Waals surface area contributed by atoms with Crippen LogP contribution < -0.4 is 10.6 Å². The third kappa shape index (κ3) is 3.33. The second-order valence-electron chi connectivity index (χ2n) is 6.27. The van der Waals surface area contributed by atoms with Gasteiger partial charge in [-0.25, -0.2) is 0 Å². The van der Waals surface area contributed by atoms with E-state index in [0.717, 1.165) is 49.6 Å². The molecule has 0 saturated carbocycles. The second-order valence-corrected chi connectivity index (χ2v) is 6.27. The van der Waals surface area contributed by atoms with Crippen molar-refractivity contribution in [2.75, 3.05) is 31.1 Å². The van der Waals surface area contributed by atoms with Gasteiger partial charge in [0.1, 0.15) is 5.82 Å². The molecule has 2 aromatic rings. The first-order chi connectivity index (χ1) is 11.6. The number of amides is 1. The maximum atomic E-state index is 12.4. The monoisotopic (exact) mass is 331 g/mol. The molecule has 0 radical (unpaired) electrons. The molecule has 1 amide bonds. The third-order valence-electron chi connectivity index (χ3n) is 4.51. The van der Waals surface area contributed by atoms with E-state index in [2.05, 4.69) is 27.1 Å². The molecular weight excluding hydrogens is 306 g/mol. The molecule has 0 spiro atoms. The van der Waals surface area contributed by atoms with Gasteiger partial charge in [-0.05, 0) is 25.5 Å². The van der Waals surface area contributed by atoms with Crippen molar-refractivity contribution < 1.29 is 4.79 Å². The summed E-state index contributed by atoms with van der Waals surface area (Å²) in [5.74, 6) is 1.72. The maximum absolute atomic E-state index is 12.4. The highest BCUT2D eigenvalue weighted by atomic mass is 16.2. The van der Waals surface area contributed by atoms with Crippen LogP contribution in [0.15, 0.2) is 12.1 Å². The van der Waals surface area contributed by atoms with Crippen LogP contribution in [0.25, 0.3) is 5.65 Å². The molecule has 1 aliphatic heterocycles. The fourth-order valence-corrected chi connectivity index (χ4v) is 2.99. The van der Waals surface area contributed by atoms with E-state index in [9.17, 15) is 4.79 Å². The molecule has 0 aromatic carbocycles. The van der Waals surface area contributed by atoms with Crippen LogP contribution in [0.5, 0.6) is 0 Å². The number of nitrogens with zero attached hydrogens (tertiary/aromatic N) is 6. The number of carbonyl (C=O) groups is 1. The Labute approximate surface area is 141 Å². The number of rotatable bonds is 5. The van der Waals surface area contributed by atoms with Gasteiger partial charge in [-0.2, -0.15) is 4.52 Å². The van der Waals surface area contributed by atoms with Gasteiger partial charge in [0.15, 0.2) is 11.5 Å². The van der Waals surface area contributed by atoms with Crippen molar-refractivity contribution in [1.82, 2.24) is 24.7 Å². The van der Waals surface area contributed by atoms with Crippen molar-refractivity contribution in [2.24, 2.45) is 5.73 Å². The Morgan fingerprint density at radius 3 is 2.71 bits per heavy atom. The van der Waals surface area contributed by atoms with Crippen LogP contribution in [0.1, 0.15) is 32.0 Å². The SMILES string of the molecule is CCCC[C@H](N)C(=O)N1CCN(c2ccc3nnc(C)n3n2)CC1. The number of carbonyl (C=O) groups excluding carboxylic acids is 1. The summed E-state index contributed by atoms with van der Waals surface area (Å²) < 4.78 is 1.74. The molecule has 3 heterocycles. The molecule has 2 aromatic heterocycles. The Balaban J connectivity index is 1.61. The zero-order chi connectivity index (χ0) is 17.1. The summed E-state index contributed by atoms with van der Waals surface area (Å²) in [7, 11) is 0. The van der Waals surface area contributed by atoms with Crippen molar-refractivity contribution in [2.45, 2.75) is 39.2 Å². The van der Waals surface area contributed by atoms with Gasteiger partial charge in [-0.15, -0.1) is 15.3 Å². The Kier molecular flexibility index (Phi) is 4.94. The lowest BCUT2D eigenvalue weighted by molar-refractivity contribution is -0.133. The van der Waals surface area contributed by atoms with Crippen LogP contribution in [-0.2, 0) is 4.79 Å². The predicted octanol–water partition coefficient (Wildman–Crippen LogP) is 0.599. The third-order valence-corrected chi connectivity index (χ3v) is 4.51. The van der Waals surface area contributed by atoms with Crippen LogP contribution in [0.3, 0.4) is 0 Å². The lowest BCUT2D eigenvalue weighted by atomic mass is 10.1. The van der Waals surface area contributed by atoms with E-state index in [1.807, 2.05) is 24.0 Å². The number of aromatic nitrogens is 4. The van der Waals surface area contributed by atoms with E-state index in [-0.39, 0.29) is 11.9 Å². The molecule has 8 nitrogen and oxygen atoms in total. The Morgan fingerprint density at radius 2 is 2.00 bits per heavy atom. The fraction of sp³-hybridized carbons (Fsp3) is 0.625. The second kappa shape index (κ2) is 7.12. The zero-order valence-electron chi connectivity index (χ0n) is 14.4. The largest absolute Gasteiger partial charge is 0.352 e. The minimum atomic E-state index is -0.370. The lowest BCUT2D eigenvalue weighted by Crippen LogP contribution is -2.53. The highest BCUT2D eigenvalue weighted by molar-refractivity contribution is 5.81. The van der Waals surface area contributed by atoms with Crippen molar-refractivity contribution in [3.63, 3.8) is 0 Å². The molecule has 3 rings (SSSR count). The minimum Gasteiger partial charge on any atom is -0.352 e. The average molecular weight is 331 g/mol. The molecule has 1 aliphatic rings. The van der Waals surface area contributed by atoms with Gasteiger partial charge in [0.2, 0.25) is 5.91 Å². The summed E-state index contributed by atoms with van der Waals surface area (Å²) in [6.45, 7) is 6.86. The number of fused-ring (bicyclic) bond motifs is 1. The normalized spacial score (nSPS) is 16.6. The van der Waals surface area contributed by atoms with E-state index >= 15 is 0 Å². The summed E-state index contributed by atoms with van der Waals surface area (Å²) in [5, 5.41) is 12.7. The van der Waals surface area contributed by atoms with Crippen LogP contribution in [0, 0.1) is 6.92 Å². The van der Waals surface area contributed by atoms with Crippen molar-refractivity contribution in [1.29, 1.82) is 0 Å². The molecular formula is C16H25N7O. The van der Waals surface area contributed by atoms with Gasteiger partial charge in [0.05, 0.1) is 6.04 Å². The zero-order valence-corrected chi connectivity index (χ0v) is 14.4. The maximum Gasteiger partial charge on any atom is 0.239 e. The Morgan fingerprint density at radius 1 is 1.25 bits per heavy atom. The van der Waals surface area contributed by atoms with Crippen LogP contribution in [0.2, 0.25) is 0 Å². The first-order valence-corrected chi connectivity index (χ1v) is 8.58. The van der Waals surface area contributed by atoms with Crippen molar-refractivity contribution in [3.8, 4) is 0 Å². The molecule has 130 valence electrons.